The van der Waals surface area contributed by atoms with E-state index in [9.17, 15) is 17.8 Å². The van der Waals surface area contributed by atoms with Crippen molar-refractivity contribution in [2.45, 2.75) is 20.0 Å². The first-order valence-electron chi connectivity index (χ1n) is 3.17. The first kappa shape index (κ1) is 15.4. The van der Waals surface area contributed by atoms with Crippen LogP contribution in [0.1, 0.15) is 13.8 Å². The first-order valence-corrected chi connectivity index (χ1v) is 4.51. The van der Waals surface area contributed by atoms with Gasteiger partial charge in [-0.25, -0.2) is 13.2 Å². The maximum absolute atomic E-state index is 10.7. The van der Waals surface area contributed by atoms with Crippen LogP contribution in [0.25, 0.3) is 0 Å². The van der Waals surface area contributed by atoms with E-state index in [-0.39, 0.29) is 25.5 Å². The molecule has 0 amide bonds. The summed E-state index contributed by atoms with van der Waals surface area (Å²) in [6.45, 7) is 2.77. The molecule has 0 N–H and O–H groups in total. The van der Waals surface area contributed by atoms with Gasteiger partial charge in [-0.15, -0.1) is 0 Å². The van der Waals surface area contributed by atoms with Crippen LogP contribution in [0.15, 0.2) is 0 Å². The van der Waals surface area contributed by atoms with E-state index in [1.807, 2.05) is 0 Å². The van der Waals surface area contributed by atoms with Gasteiger partial charge in [0.05, 0.1) is 6.61 Å². The number of carbonyl (C=O) groups excluding carboxylic acids is 1. The van der Waals surface area contributed by atoms with Crippen LogP contribution in [0, 0.1) is 0 Å². The molecule has 6 nitrogen and oxygen atoms in total. The molecule has 0 heterocycles. The number of esters is 1. The number of ether oxygens (including phenoxy) is 1. The first-order chi connectivity index (χ1) is 5.37. The van der Waals surface area contributed by atoms with Crippen LogP contribution in [0.4, 0.5) is 0 Å². The molecule has 0 bridgehead atoms. The number of hydrogen-bond donors (Lipinski definition) is 0. The monoisotopic (exact) mass is 204 g/mol. The standard InChI is InChI=1S/C5H10O6S.Li/c1-3-10-5(6)4(2)11-12(7,8)9;/h4H,3H2,1-2H3,(H,7,8,9);/q;+1/p-1. The van der Waals surface area contributed by atoms with Gasteiger partial charge in [0, 0.05) is 0 Å². The van der Waals surface area contributed by atoms with E-state index >= 15 is 0 Å². The van der Waals surface area contributed by atoms with E-state index in [4.69, 9.17) is 0 Å². The molecule has 0 aliphatic heterocycles. The molecule has 1 unspecified atom stereocenters. The molecular formula is C5H9LiO6S. The molecule has 1 atom stereocenters. The zero-order valence-electron chi connectivity index (χ0n) is 7.64. The Morgan fingerprint density at radius 1 is 1.54 bits per heavy atom. The minimum absolute atomic E-state index is 0. The molecule has 0 aliphatic carbocycles. The van der Waals surface area contributed by atoms with Crippen molar-refractivity contribution in [2.24, 2.45) is 0 Å². The van der Waals surface area contributed by atoms with E-state index in [0.29, 0.717) is 0 Å². The Morgan fingerprint density at radius 3 is 2.31 bits per heavy atom. The van der Waals surface area contributed by atoms with Crippen molar-refractivity contribution in [3.63, 3.8) is 0 Å². The second-order valence-corrected chi connectivity index (χ2v) is 2.91. The fourth-order valence-electron chi connectivity index (χ4n) is 0.476. The number of hydrogen-bond acceptors (Lipinski definition) is 6. The predicted octanol–water partition coefficient (Wildman–Crippen LogP) is -3.58. The van der Waals surface area contributed by atoms with E-state index in [1.54, 1.807) is 6.92 Å². The zero-order chi connectivity index (χ0) is 9.78. The third-order valence-corrected chi connectivity index (χ3v) is 1.41. The average molecular weight is 204 g/mol. The van der Waals surface area contributed by atoms with E-state index < -0.39 is 22.5 Å². The largest absolute Gasteiger partial charge is 1.00 e. The predicted molar refractivity (Wildman–Crippen MR) is 36.9 cm³/mol. The Kier molecular flexibility index (Phi) is 7.59. The summed E-state index contributed by atoms with van der Waals surface area (Å²) in [4.78, 5) is 10.7. The average Bonchev–Trinajstić information content (AvgIpc) is 1.84. The van der Waals surface area contributed by atoms with E-state index in [1.165, 1.54) is 0 Å². The van der Waals surface area contributed by atoms with E-state index in [0.717, 1.165) is 6.92 Å². The maximum atomic E-state index is 10.7. The molecule has 0 saturated heterocycles. The molecule has 0 rings (SSSR count). The summed E-state index contributed by atoms with van der Waals surface area (Å²) in [7, 11) is -4.84. The van der Waals surface area contributed by atoms with Crippen molar-refractivity contribution >= 4 is 16.4 Å². The maximum Gasteiger partial charge on any atom is 1.00 e. The molecule has 0 saturated carbocycles. The zero-order valence-corrected chi connectivity index (χ0v) is 8.46. The van der Waals surface area contributed by atoms with Crippen molar-refractivity contribution in [1.82, 2.24) is 0 Å². The summed E-state index contributed by atoms with van der Waals surface area (Å²) in [6, 6.07) is 0. The van der Waals surface area contributed by atoms with Crippen LogP contribution in [0.5, 0.6) is 0 Å². The second kappa shape index (κ2) is 6.40. The van der Waals surface area contributed by atoms with Crippen molar-refractivity contribution in [3.8, 4) is 0 Å². The van der Waals surface area contributed by atoms with Gasteiger partial charge in [-0.3, -0.25) is 4.18 Å². The molecule has 0 aliphatic rings. The van der Waals surface area contributed by atoms with Crippen LogP contribution in [-0.4, -0.2) is 31.7 Å². The SMILES string of the molecule is CCOC(=O)C(C)OS(=O)(=O)[O-].[Li+]. The van der Waals surface area contributed by atoms with Gasteiger partial charge in [-0.05, 0) is 13.8 Å². The quantitative estimate of drug-likeness (QED) is 0.203. The number of carbonyl (C=O) groups is 1. The fourth-order valence-corrected chi connectivity index (χ4v) is 0.908. The van der Waals surface area contributed by atoms with Gasteiger partial charge in [-0.2, -0.15) is 0 Å². The van der Waals surface area contributed by atoms with Gasteiger partial charge in [0.2, 0.25) is 10.4 Å². The van der Waals surface area contributed by atoms with Crippen molar-refractivity contribution in [3.05, 3.63) is 0 Å². The smallest absolute Gasteiger partial charge is 0.726 e. The van der Waals surface area contributed by atoms with Crippen LogP contribution >= 0.6 is 0 Å². The van der Waals surface area contributed by atoms with Crippen LogP contribution < -0.4 is 18.9 Å². The summed E-state index contributed by atoms with van der Waals surface area (Å²) in [6.07, 6.45) is -1.38. The molecule has 0 aromatic rings. The Balaban J connectivity index is 0. The molecular weight excluding hydrogens is 195 g/mol. The molecule has 8 heteroatoms. The van der Waals surface area contributed by atoms with Crippen LogP contribution in [-0.2, 0) is 24.1 Å². The normalized spacial score (nSPS) is 12.8. The summed E-state index contributed by atoms with van der Waals surface area (Å²) >= 11 is 0. The molecule has 0 aromatic carbocycles. The molecule has 13 heavy (non-hydrogen) atoms. The van der Waals surface area contributed by atoms with Gasteiger partial charge in [0.25, 0.3) is 0 Å². The summed E-state index contributed by atoms with van der Waals surface area (Å²) in [5.41, 5.74) is 0. The molecule has 0 radical (unpaired) electrons. The van der Waals surface area contributed by atoms with E-state index in [2.05, 4.69) is 8.92 Å². The van der Waals surface area contributed by atoms with Gasteiger partial charge in [0.1, 0.15) is 0 Å². The third-order valence-electron chi connectivity index (χ3n) is 0.881. The van der Waals surface area contributed by atoms with Crippen molar-refractivity contribution < 1.29 is 45.5 Å². The Morgan fingerprint density at radius 2 is 2.00 bits per heavy atom. The topological polar surface area (TPSA) is 92.7 Å². The molecule has 0 fully saturated rings. The van der Waals surface area contributed by atoms with Gasteiger partial charge >= 0.3 is 24.8 Å². The van der Waals surface area contributed by atoms with Gasteiger partial charge in [-0.1, -0.05) is 0 Å². The second-order valence-electron chi connectivity index (χ2n) is 1.90. The Bertz CT molecular complexity index is 248. The Labute approximate surface area is 88.7 Å². The minimum atomic E-state index is -4.84. The molecule has 0 aromatic heterocycles. The van der Waals surface area contributed by atoms with Crippen molar-refractivity contribution in [1.29, 1.82) is 0 Å². The molecule has 0 spiro atoms. The summed E-state index contributed by atoms with van der Waals surface area (Å²) in [5.74, 6) is -0.878. The Hall–Kier alpha value is -0.0626. The van der Waals surface area contributed by atoms with Gasteiger partial charge in [0.15, 0.2) is 6.10 Å². The van der Waals surface area contributed by atoms with Crippen molar-refractivity contribution in [2.75, 3.05) is 6.61 Å². The van der Waals surface area contributed by atoms with Gasteiger partial charge < -0.3 is 9.29 Å². The fraction of sp³-hybridized carbons (Fsp3) is 0.800. The minimum Gasteiger partial charge on any atom is -0.726 e. The molecule has 72 valence electrons. The summed E-state index contributed by atoms with van der Waals surface area (Å²) < 4.78 is 38.1. The number of rotatable bonds is 4. The van der Waals surface area contributed by atoms with Crippen LogP contribution in [0.3, 0.4) is 0 Å². The van der Waals surface area contributed by atoms with Crippen LogP contribution in [0.2, 0.25) is 0 Å². The third kappa shape index (κ3) is 8.27. The summed E-state index contributed by atoms with van der Waals surface area (Å²) in [5, 5.41) is 0.